The van der Waals surface area contributed by atoms with Crippen LogP contribution in [-0.4, -0.2) is 18.2 Å². The van der Waals surface area contributed by atoms with Gasteiger partial charge in [-0.2, -0.15) is 0 Å². The Morgan fingerprint density at radius 3 is 2.35 bits per heavy atom. The first kappa shape index (κ1) is 12.6. The molecule has 1 aromatic rings. The van der Waals surface area contributed by atoms with Crippen LogP contribution in [0.4, 0.5) is 0 Å². The number of hydrogen-bond donors (Lipinski definition) is 2. The molecule has 0 amide bonds. The molecule has 2 N–H and O–H groups in total. The molecular weight excluding hydrogens is 210 g/mol. The van der Waals surface area contributed by atoms with E-state index < -0.39 is 0 Å². The van der Waals surface area contributed by atoms with Crippen LogP contribution in [0.25, 0.3) is 0 Å². The van der Waals surface area contributed by atoms with Crippen LogP contribution in [0.1, 0.15) is 43.8 Å². The fourth-order valence-electron chi connectivity index (χ4n) is 3.00. The molecule has 17 heavy (non-hydrogen) atoms. The molecular formula is C15H23NO. The van der Waals surface area contributed by atoms with E-state index in [1.54, 1.807) is 0 Å². The Balaban J connectivity index is 2.06. The smallest absolute Gasteiger partial charge is 0.0945 e. The summed E-state index contributed by atoms with van der Waals surface area (Å²) in [6.07, 6.45) is 6.08. The van der Waals surface area contributed by atoms with Crippen LogP contribution in [-0.2, 0) is 0 Å². The van der Waals surface area contributed by atoms with Crippen LogP contribution in [0, 0.1) is 5.92 Å². The lowest BCUT2D eigenvalue weighted by molar-refractivity contribution is 0.0877. The minimum absolute atomic E-state index is 0.192. The molecule has 2 atom stereocenters. The van der Waals surface area contributed by atoms with Crippen LogP contribution in [0.5, 0.6) is 0 Å². The van der Waals surface area contributed by atoms with E-state index in [1.807, 2.05) is 37.4 Å². The van der Waals surface area contributed by atoms with Crippen molar-refractivity contribution in [3.8, 4) is 0 Å². The van der Waals surface area contributed by atoms with Gasteiger partial charge in [-0.3, -0.25) is 0 Å². The maximum absolute atomic E-state index is 10.5. The quantitative estimate of drug-likeness (QED) is 0.838. The van der Waals surface area contributed by atoms with Crippen molar-refractivity contribution >= 4 is 0 Å². The standard InChI is InChI=1S/C15H23NO/c1-16-14(12-8-4-2-5-9-12)15(17)13-10-6-3-7-11-13/h3,6-7,10-12,14-17H,2,4-5,8-9H2,1H3/t14-,15+/m0/s1. The molecule has 1 saturated carbocycles. The number of likely N-dealkylation sites (N-methyl/N-ethyl adjacent to an activating group) is 1. The molecule has 0 radical (unpaired) electrons. The minimum Gasteiger partial charge on any atom is -0.387 e. The van der Waals surface area contributed by atoms with Crippen molar-refractivity contribution in [2.24, 2.45) is 5.92 Å². The van der Waals surface area contributed by atoms with Crippen LogP contribution in [0.2, 0.25) is 0 Å². The van der Waals surface area contributed by atoms with Crippen molar-refractivity contribution in [3.05, 3.63) is 35.9 Å². The third-order valence-corrected chi connectivity index (χ3v) is 3.97. The van der Waals surface area contributed by atoms with E-state index in [0.717, 1.165) is 5.56 Å². The van der Waals surface area contributed by atoms with Gasteiger partial charge in [-0.15, -0.1) is 0 Å². The molecule has 0 saturated heterocycles. The zero-order valence-corrected chi connectivity index (χ0v) is 10.6. The number of nitrogens with one attached hydrogen (secondary N) is 1. The zero-order chi connectivity index (χ0) is 12.1. The Labute approximate surface area is 104 Å². The summed E-state index contributed by atoms with van der Waals surface area (Å²) >= 11 is 0. The Hall–Kier alpha value is -0.860. The summed E-state index contributed by atoms with van der Waals surface area (Å²) in [5.74, 6) is 0.615. The number of hydrogen-bond acceptors (Lipinski definition) is 2. The highest BCUT2D eigenvalue weighted by molar-refractivity contribution is 5.19. The third kappa shape index (κ3) is 3.08. The molecule has 1 fully saturated rings. The van der Waals surface area contributed by atoms with Gasteiger partial charge in [0.1, 0.15) is 0 Å². The molecule has 0 bridgehead atoms. The van der Waals surface area contributed by atoms with Crippen molar-refractivity contribution < 1.29 is 5.11 Å². The third-order valence-electron chi connectivity index (χ3n) is 3.97. The largest absolute Gasteiger partial charge is 0.387 e. The predicted molar refractivity (Wildman–Crippen MR) is 70.8 cm³/mol. The van der Waals surface area contributed by atoms with Crippen LogP contribution in [0.3, 0.4) is 0 Å². The summed E-state index contributed by atoms with van der Waals surface area (Å²) in [4.78, 5) is 0. The van der Waals surface area contributed by atoms with E-state index in [1.165, 1.54) is 32.1 Å². The van der Waals surface area contributed by atoms with Gasteiger partial charge in [0.2, 0.25) is 0 Å². The maximum Gasteiger partial charge on any atom is 0.0945 e. The SMILES string of the molecule is CN[C@@H](C1CCCCC1)[C@H](O)c1ccccc1. The molecule has 2 heteroatoms. The molecule has 2 rings (SSSR count). The van der Waals surface area contributed by atoms with E-state index >= 15 is 0 Å². The second-order valence-electron chi connectivity index (χ2n) is 5.07. The molecule has 0 aromatic heterocycles. The average molecular weight is 233 g/mol. The summed E-state index contributed by atoms with van der Waals surface area (Å²) < 4.78 is 0. The number of aliphatic hydroxyl groups is 1. The normalized spacial score (nSPS) is 21.1. The summed E-state index contributed by atoms with van der Waals surface area (Å²) in [6, 6.07) is 10.2. The van der Waals surface area contributed by atoms with E-state index in [2.05, 4.69) is 5.32 Å². The van der Waals surface area contributed by atoms with Crippen molar-refractivity contribution in [1.82, 2.24) is 5.32 Å². The molecule has 1 aliphatic carbocycles. The van der Waals surface area contributed by atoms with Gasteiger partial charge < -0.3 is 10.4 Å². The Morgan fingerprint density at radius 2 is 1.76 bits per heavy atom. The van der Waals surface area contributed by atoms with Gasteiger partial charge in [-0.05, 0) is 31.4 Å². The van der Waals surface area contributed by atoms with Crippen molar-refractivity contribution in [1.29, 1.82) is 0 Å². The lowest BCUT2D eigenvalue weighted by atomic mass is 9.80. The van der Waals surface area contributed by atoms with Crippen LogP contribution < -0.4 is 5.32 Å². The van der Waals surface area contributed by atoms with Gasteiger partial charge in [0.25, 0.3) is 0 Å². The fourth-order valence-corrected chi connectivity index (χ4v) is 3.00. The second-order valence-corrected chi connectivity index (χ2v) is 5.07. The van der Waals surface area contributed by atoms with E-state index in [4.69, 9.17) is 0 Å². The fraction of sp³-hybridized carbons (Fsp3) is 0.600. The first-order chi connectivity index (χ1) is 8.33. The van der Waals surface area contributed by atoms with Crippen molar-refractivity contribution in [3.63, 3.8) is 0 Å². The summed E-state index contributed by atoms with van der Waals surface area (Å²) in [5, 5.41) is 13.8. The number of benzene rings is 1. The Bertz CT molecular complexity index is 319. The van der Waals surface area contributed by atoms with Crippen LogP contribution >= 0.6 is 0 Å². The maximum atomic E-state index is 10.5. The lowest BCUT2D eigenvalue weighted by Crippen LogP contribution is -2.40. The molecule has 0 heterocycles. The molecule has 1 aliphatic rings. The molecule has 0 unspecified atom stereocenters. The average Bonchev–Trinajstić information content (AvgIpc) is 2.42. The molecule has 2 nitrogen and oxygen atoms in total. The minimum atomic E-state index is -0.385. The van der Waals surface area contributed by atoms with Gasteiger partial charge >= 0.3 is 0 Å². The summed E-state index contributed by atoms with van der Waals surface area (Å²) in [6.45, 7) is 0. The predicted octanol–water partition coefficient (Wildman–Crippen LogP) is 2.89. The van der Waals surface area contributed by atoms with Gasteiger partial charge in [0.15, 0.2) is 0 Å². The second kappa shape index (κ2) is 6.18. The summed E-state index contributed by atoms with van der Waals surface area (Å²) in [7, 11) is 1.96. The van der Waals surface area contributed by atoms with Gasteiger partial charge in [-0.25, -0.2) is 0 Å². The Kier molecular flexibility index (Phi) is 4.57. The monoisotopic (exact) mass is 233 g/mol. The summed E-state index contributed by atoms with van der Waals surface area (Å²) in [5.41, 5.74) is 1.03. The molecule has 0 aliphatic heterocycles. The van der Waals surface area contributed by atoms with Gasteiger partial charge in [-0.1, -0.05) is 49.6 Å². The Morgan fingerprint density at radius 1 is 1.12 bits per heavy atom. The van der Waals surface area contributed by atoms with Gasteiger partial charge in [0.05, 0.1) is 6.10 Å². The molecule has 1 aromatic carbocycles. The van der Waals surface area contributed by atoms with E-state index in [-0.39, 0.29) is 12.1 Å². The highest BCUT2D eigenvalue weighted by atomic mass is 16.3. The number of aliphatic hydroxyl groups excluding tert-OH is 1. The molecule has 94 valence electrons. The molecule has 0 spiro atoms. The van der Waals surface area contributed by atoms with E-state index in [9.17, 15) is 5.11 Å². The topological polar surface area (TPSA) is 32.3 Å². The van der Waals surface area contributed by atoms with Crippen molar-refractivity contribution in [2.45, 2.75) is 44.2 Å². The van der Waals surface area contributed by atoms with E-state index in [0.29, 0.717) is 5.92 Å². The highest BCUT2D eigenvalue weighted by Gasteiger charge is 2.28. The number of rotatable bonds is 4. The van der Waals surface area contributed by atoms with Crippen LogP contribution in [0.15, 0.2) is 30.3 Å². The zero-order valence-electron chi connectivity index (χ0n) is 10.6. The van der Waals surface area contributed by atoms with Gasteiger partial charge in [0, 0.05) is 6.04 Å². The first-order valence-corrected chi connectivity index (χ1v) is 6.73. The lowest BCUT2D eigenvalue weighted by Gasteiger charge is -2.33. The highest BCUT2D eigenvalue weighted by Crippen LogP contribution is 2.32. The van der Waals surface area contributed by atoms with Crippen molar-refractivity contribution in [2.75, 3.05) is 7.05 Å². The first-order valence-electron chi connectivity index (χ1n) is 6.73.